The van der Waals surface area contributed by atoms with Gasteiger partial charge in [0.2, 0.25) is 5.95 Å². The fraction of sp³-hybridized carbons (Fsp3) is 0.227. The fourth-order valence-electron chi connectivity index (χ4n) is 3.42. The van der Waals surface area contributed by atoms with Crippen LogP contribution in [0.15, 0.2) is 60.8 Å². The summed E-state index contributed by atoms with van der Waals surface area (Å²) in [6.07, 6.45) is 3.76. The molecule has 1 aliphatic rings. The van der Waals surface area contributed by atoms with E-state index in [1.165, 1.54) is 5.56 Å². The normalized spacial score (nSPS) is 13.1. The minimum atomic E-state index is -0.188. The summed E-state index contributed by atoms with van der Waals surface area (Å²) < 4.78 is 0. The van der Waals surface area contributed by atoms with Crippen molar-refractivity contribution in [3.8, 4) is 0 Å². The van der Waals surface area contributed by atoms with E-state index in [-0.39, 0.29) is 5.91 Å². The summed E-state index contributed by atoms with van der Waals surface area (Å²) in [4.78, 5) is 23.6. The molecule has 1 aliphatic heterocycles. The van der Waals surface area contributed by atoms with Gasteiger partial charge in [0.1, 0.15) is 5.69 Å². The molecule has 4 rings (SSSR count). The number of amides is 1. The summed E-state index contributed by atoms with van der Waals surface area (Å²) in [6.45, 7) is 3.38. The fourth-order valence-corrected chi connectivity index (χ4v) is 3.42. The van der Waals surface area contributed by atoms with Crippen LogP contribution in [0.1, 0.15) is 33.6 Å². The van der Waals surface area contributed by atoms with E-state index in [2.05, 4.69) is 38.4 Å². The lowest BCUT2D eigenvalue weighted by molar-refractivity contribution is 0.0946. The number of benzene rings is 2. The van der Waals surface area contributed by atoms with Gasteiger partial charge in [0.25, 0.3) is 5.91 Å². The third kappa shape index (κ3) is 3.67. The number of hydrogen-bond donors (Lipinski definition) is 1. The highest BCUT2D eigenvalue weighted by atomic mass is 16.1. The standard InChI is InChI=1S/C22H22N4O/c1-16-7-2-3-9-18(16)15-24-21(27)19-12-13-23-22(25-19)26-14-6-10-17-8-4-5-11-20(17)26/h2-5,7-9,11-13H,6,10,14-15H2,1H3,(H,24,27). The van der Waals surface area contributed by atoms with Gasteiger partial charge < -0.3 is 10.2 Å². The molecule has 2 aromatic carbocycles. The van der Waals surface area contributed by atoms with Crippen molar-refractivity contribution in [2.75, 3.05) is 11.4 Å². The van der Waals surface area contributed by atoms with Crippen LogP contribution in [0.2, 0.25) is 0 Å². The monoisotopic (exact) mass is 358 g/mol. The molecule has 0 unspecified atom stereocenters. The topological polar surface area (TPSA) is 58.1 Å². The van der Waals surface area contributed by atoms with Crippen LogP contribution in [-0.4, -0.2) is 22.4 Å². The first-order valence-electron chi connectivity index (χ1n) is 9.23. The van der Waals surface area contributed by atoms with E-state index >= 15 is 0 Å². The number of rotatable bonds is 4. The Labute approximate surface area is 159 Å². The lowest BCUT2D eigenvalue weighted by Crippen LogP contribution is -2.28. The van der Waals surface area contributed by atoms with Crippen LogP contribution in [0.3, 0.4) is 0 Å². The first-order chi connectivity index (χ1) is 13.2. The molecule has 5 heteroatoms. The minimum Gasteiger partial charge on any atom is -0.347 e. The molecule has 1 N–H and O–H groups in total. The second kappa shape index (κ2) is 7.58. The van der Waals surface area contributed by atoms with Crippen molar-refractivity contribution < 1.29 is 4.79 Å². The Kier molecular flexibility index (Phi) is 4.83. The summed E-state index contributed by atoms with van der Waals surface area (Å²) in [6, 6.07) is 18.0. The molecule has 0 saturated heterocycles. The Hall–Kier alpha value is -3.21. The molecule has 2 heterocycles. The molecular weight excluding hydrogens is 336 g/mol. The maximum atomic E-state index is 12.6. The third-order valence-corrected chi connectivity index (χ3v) is 4.93. The average molecular weight is 358 g/mol. The van der Waals surface area contributed by atoms with E-state index in [0.717, 1.165) is 36.2 Å². The van der Waals surface area contributed by atoms with Crippen molar-refractivity contribution in [2.24, 2.45) is 0 Å². The van der Waals surface area contributed by atoms with E-state index < -0.39 is 0 Å². The van der Waals surface area contributed by atoms with Crippen LogP contribution in [0, 0.1) is 6.92 Å². The maximum absolute atomic E-state index is 12.6. The summed E-state index contributed by atoms with van der Waals surface area (Å²) in [7, 11) is 0. The number of fused-ring (bicyclic) bond motifs is 1. The molecule has 1 aromatic heterocycles. The Bertz CT molecular complexity index is 970. The molecule has 0 fully saturated rings. The number of nitrogens with zero attached hydrogens (tertiary/aromatic N) is 3. The second-order valence-corrected chi connectivity index (χ2v) is 6.73. The molecule has 0 radical (unpaired) electrons. The first-order valence-corrected chi connectivity index (χ1v) is 9.23. The van der Waals surface area contributed by atoms with E-state index in [1.54, 1.807) is 12.3 Å². The summed E-state index contributed by atoms with van der Waals surface area (Å²) in [5, 5.41) is 2.96. The molecule has 3 aromatic rings. The van der Waals surface area contributed by atoms with Gasteiger partial charge in [-0.05, 0) is 48.6 Å². The van der Waals surface area contributed by atoms with Crippen LogP contribution in [-0.2, 0) is 13.0 Å². The van der Waals surface area contributed by atoms with Crippen LogP contribution >= 0.6 is 0 Å². The molecule has 0 aliphatic carbocycles. The molecule has 27 heavy (non-hydrogen) atoms. The van der Waals surface area contributed by atoms with Gasteiger partial charge in [0.15, 0.2) is 0 Å². The predicted octanol–water partition coefficient (Wildman–Crippen LogP) is 3.80. The van der Waals surface area contributed by atoms with Gasteiger partial charge in [0.05, 0.1) is 0 Å². The zero-order valence-electron chi connectivity index (χ0n) is 15.4. The van der Waals surface area contributed by atoms with Crippen LogP contribution in [0.4, 0.5) is 11.6 Å². The highest BCUT2D eigenvalue weighted by molar-refractivity contribution is 5.92. The van der Waals surface area contributed by atoms with Gasteiger partial charge in [-0.15, -0.1) is 0 Å². The molecule has 0 bridgehead atoms. The third-order valence-electron chi connectivity index (χ3n) is 4.93. The number of carbonyl (C=O) groups excluding carboxylic acids is 1. The highest BCUT2D eigenvalue weighted by Gasteiger charge is 2.20. The van der Waals surface area contributed by atoms with Crippen LogP contribution < -0.4 is 10.2 Å². The Balaban J connectivity index is 1.53. The van der Waals surface area contributed by atoms with Crippen molar-refractivity contribution in [1.82, 2.24) is 15.3 Å². The molecule has 0 saturated carbocycles. The zero-order valence-corrected chi connectivity index (χ0v) is 15.4. The predicted molar refractivity (Wildman–Crippen MR) is 106 cm³/mol. The van der Waals surface area contributed by atoms with Gasteiger partial charge >= 0.3 is 0 Å². The Morgan fingerprint density at radius 3 is 2.81 bits per heavy atom. The van der Waals surface area contributed by atoms with Gasteiger partial charge in [0, 0.05) is 25.0 Å². The van der Waals surface area contributed by atoms with Gasteiger partial charge in [-0.25, -0.2) is 9.97 Å². The number of aromatic nitrogens is 2. The first kappa shape index (κ1) is 17.2. The number of anilines is 2. The molecule has 0 spiro atoms. The molecular formula is C22H22N4O. The van der Waals surface area contributed by atoms with Crippen LogP contribution in [0.5, 0.6) is 0 Å². The van der Waals surface area contributed by atoms with E-state index in [4.69, 9.17) is 0 Å². The van der Waals surface area contributed by atoms with Crippen molar-refractivity contribution in [2.45, 2.75) is 26.3 Å². The molecule has 0 atom stereocenters. The lowest BCUT2D eigenvalue weighted by atomic mass is 10.0. The molecule has 1 amide bonds. The van der Waals surface area contributed by atoms with Gasteiger partial charge in [-0.3, -0.25) is 4.79 Å². The lowest BCUT2D eigenvalue weighted by Gasteiger charge is -2.29. The van der Waals surface area contributed by atoms with Crippen molar-refractivity contribution >= 4 is 17.5 Å². The number of carbonyl (C=O) groups is 1. The minimum absolute atomic E-state index is 0.188. The smallest absolute Gasteiger partial charge is 0.270 e. The zero-order chi connectivity index (χ0) is 18.6. The van der Waals surface area contributed by atoms with E-state index in [0.29, 0.717) is 18.2 Å². The largest absolute Gasteiger partial charge is 0.347 e. The quantitative estimate of drug-likeness (QED) is 0.771. The molecule has 5 nitrogen and oxygen atoms in total. The molecule has 136 valence electrons. The van der Waals surface area contributed by atoms with Crippen LogP contribution in [0.25, 0.3) is 0 Å². The second-order valence-electron chi connectivity index (χ2n) is 6.73. The van der Waals surface area contributed by atoms with Crippen molar-refractivity contribution in [3.63, 3.8) is 0 Å². The highest BCUT2D eigenvalue weighted by Crippen LogP contribution is 2.31. The van der Waals surface area contributed by atoms with E-state index in [1.807, 2.05) is 37.3 Å². The summed E-state index contributed by atoms with van der Waals surface area (Å²) in [5.74, 6) is 0.387. The van der Waals surface area contributed by atoms with Gasteiger partial charge in [-0.1, -0.05) is 42.5 Å². The van der Waals surface area contributed by atoms with Crippen molar-refractivity contribution in [3.05, 3.63) is 83.2 Å². The van der Waals surface area contributed by atoms with Crippen molar-refractivity contribution in [1.29, 1.82) is 0 Å². The summed E-state index contributed by atoms with van der Waals surface area (Å²) in [5.41, 5.74) is 5.07. The van der Waals surface area contributed by atoms with E-state index in [9.17, 15) is 4.79 Å². The summed E-state index contributed by atoms with van der Waals surface area (Å²) >= 11 is 0. The maximum Gasteiger partial charge on any atom is 0.270 e. The number of para-hydroxylation sites is 1. The SMILES string of the molecule is Cc1ccccc1CNC(=O)c1ccnc(N2CCCc3ccccc32)n1. The average Bonchev–Trinajstić information content (AvgIpc) is 2.72. The van der Waals surface area contributed by atoms with Gasteiger partial charge in [-0.2, -0.15) is 0 Å². The number of hydrogen-bond acceptors (Lipinski definition) is 4. The number of nitrogens with one attached hydrogen (secondary N) is 1. The Morgan fingerprint density at radius 1 is 1.11 bits per heavy atom. The Morgan fingerprint density at radius 2 is 1.93 bits per heavy atom. The number of aryl methyl sites for hydroxylation is 2.